The monoisotopic (exact) mass is 212 g/mol. The summed E-state index contributed by atoms with van der Waals surface area (Å²) in [5.74, 6) is 1.09. The molecule has 1 heteroatoms. The Kier molecular flexibility index (Phi) is 1.95. The average Bonchev–Trinajstić information content (AvgIpc) is 1.87. The van der Waals surface area contributed by atoms with Crippen LogP contribution in [0.2, 0.25) is 0 Å². The zero-order chi connectivity index (χ0) is 5.28. The molecule has 1 aliphatic heterocycles. The Morgan fingerprint density at radius 3 is 2.43 bits per heavy atom. The van der Waals surface area contributed by atoms with E-state index in [0.717, 1.165) is 5.92 Å². The molecule has 0 spiro atoms. The van der Waals surface area contributed by atoms with Crippen LogP contribution < -0.4 is 0 Å². The Labute approximate surface area is 53.1 Å². The van der Waals surface area contributed by atoms with Crippen LogP contribution in [0.1, 0.15) is 13.3 Å². The van der Waals surface area contributed by atoms with Gasteiger partial charge in [0, 0.05) is 0 Å². The zero-order valence-electron chi connectivity index (χ0n) is 5.08. The Morgan fingerprint density at radius 2 is 2.29 bits per heavy atom. The average molecular weight is 212 g/mol. The molecule has 0 aliphatic carbocycles. The standard InChI is InChI=1S/C6H13I/c1-6-3-4-7(2)5-6/h6H,3-5H2,1-2H3/t6-/m1/s1. The molecule has 0 saturated carbocycles. The normalized spacial score (nSPS) is 36.9. The van der Waals surface area contributed by atoms with Crippen molar-refractivity contribution in [2.45, 2.75) is 13.3 Å². The van der Waals surface area contributed by atoms with Crippen molar-refractivity contribution >= 4 is 19.8 Å². The summed E-state index contributed by atoms with van der Waals surface area (Å²) >= 11 is -0.252. The molecule has 0 aromatic rings. The van der Waals surface area contributed by atoms with E-state index in [1.54, 1.807) is 15.3 Å². The second kappa shape index (κ2) is 2.33. The van der Waals surface area contributed by atoms with Gasteiger partial charge in [-0.1, -0.05) is 0 Å². The van der Waals surface area contributed by atoms with Crippen LogP contribution in [0.15, 0.2) is 0 Å². The van der Waals surface area contributed by atoms with E-state index in [-0.39, 0.29) is 19.8 Å². The number of hydrogen-bond acceptors (Lipinski definition) is 0. The molecule has 1 fully saturated rings. The van der Waals surface area contributed by atoms with Crippen LogP contribution in [0, 0.1) is 5.92 Å². The molecule has 1 saturated heterocycles. The van der Waals surface area contributed by atoms with Gasteiger partial charge in [0.25, 0.3) is 0 Å². The van der Waals surface area contributed by atoms with Crippen molar-refractivity contribution < 1.29 is 0 Å². The third kappa shape index (κ3) is 1.59. The number of alkyl halides is 3. The first-order valence-electron chi connectivity index (χ1n) is 2.81. The van der Waals surface area contributed by atoms with Crippen molar-refractivity contribution in [1.29, 1.82) is 0 Å². The Balaban J connectivity index is 2.26. The number of hydrogen-bond donors (Lipinski definition) is 0. The predicted molar refractivity (Wildman–Crippen MR) is 43.5 cm³/mol. The quantitative estimate of drug-likeness (QED) is 0.426. The first-order chi connectivity index (χ1) is 3.29. The van der Waals surface area contributed by atoms with Crippen molar-refractivity contribution in [3.8, 4) is 0 Å². The van der Waals surface area contributed by atoms with E-state index in [1.165, 1.54) is 0 Å². The Bertz CT molecular complexity index is 53.2. The van der Waals surface area contributed by atoms with Gasteiger partial charge in [-0.15, -0.1) is 0 Å². The van der Waals surface area contributed by atoms with Gasteiger partial charge in [0.2, 0.25) is 0 Å². The van der Waals surface area contributed by atoms with E-state index in [1.807, 2.05) is 0 Å². The summed E-state index contributed by atoms with van der Waals surface area (Å²) in [6.45, 7) is 2.39. The van der Waals surface area contributed by atoms with Gasteiger partial charge in [0.1, 0.15) is 0 Å². The molecule has 1 heterocycles. The van der Waals surface area contributed by atoms with Gasteiger partial charge < -0.3 is 0 Å². The van der Waals surface area contributed by atoms with E-state index in [9.17, 15) is 0 Å². The van der Waals surface area contributed by atoms with Gasteiger partial charge in [-0.25, -0.2) is 0 Å². The SMILES string of the molecule is C[C@@H]1CCI(C)C1. The summed E-state index contributed by atoms with van der Waals surface area (Å²) in [6, 6.07) is 0. The molecular weight excluding hydrogens is 199 g/mol. The van der Waals surface area contributed by atoms with E-state index < -0.39 is 0 Å². The summed E-state index contributed by atoms with van der Waals surface area (Å²) < 4.78 is 3.26. The third-order valence-corrected chi connectivity index (χ3v) is 6.92. The fourth-order valence-corrected chi connectivity index (χ4v) is 6.55. The van der Waals surface area contributed by atoms with Crippen LogP contribution in [-0.4, -0.2) is 13.8 Å². The minimum absolute atomic E-state index is 0.252. The van der Waals surface area contributed by atoms with Gasteiger partial charge in [-0.3, -0.25) is 0 Å². The molecule has 0 aromatic heterocycles. The van der Waals surface area contributed by atoms with Crippen LogP contribution in [0.5, 0.6) is 0 Å². The van der Waals surface area contributed by atoms with Gasteiger partial charge in [0.05, 0.1) is 0 Å². The molecule has 0 aromatic carbocycles. The first-order valence-corrected chi connectivity index (χ1v) is 8.01. The Hall–Kier alpha value is 0.730. The molecule has 0 bridgehead atoms. The number of rotatable bonds is 0. The second-order valence-electron chi connectivity index (χ2n) is 2.46. The van der Waals surface area contributed by atoms with Gasteiger partial charge in [-0.05, 0) is 0 Å². The molecule has 0 radical (unpaired) electrons. The van der Waals surface area contributed by atoms with Crippen LogP contribution in [0.4, 0.5) is 0 Å². The third-order valence-electron chi connectivity index (χ3n) is 1.45. The van der Waals surface area contributed by atoms with E-state index in [2.05, 4.69) is 11.9 Å². The molecule has 0 unspecified atom stereocenters. The van der Waals surface area contributed by atoms with Crippen LogP contribution >= 0.6 is 19.8 Å². The summed E-state index contributed by atoms with van der Waals surface area (Å²) in [6.07, 6.45) is 1.54. The summed E-state index contributed by atoms with van der Waals surface area (Å²) in [5.41, 5.74) is 0. The molecule has 7 heavy (non-hydrogen) atoms. The molecule has 0 amide bonds. The van der Waals surface area contributed by atoms with Crippen LogP contribution in [0.25, 0.3) is 0 Å². The van der Waals surface area contributed by atoms with E-state index in [4.69, 9.17) is 0 Å². The van der Waals surface area contributed by atoms with Crippen LogP contribution in [0.3, 0.4) is 0 Å². The molecule has 44 valence electrons. The summed E-state index contributed by atoms with van der Waals surface area (Å²) in [7, 11) is 0. The van der Waals surface area contributed by atoms with E-state index >= 15 is 0 Å². The van der Waals surface area contributed by atoms with Gasteiger partial charge in [0.15, 0.2) is 0 Å². The Morgan fingerprint density at radius 1 is 1.57 bits per heavy atom. The summed E-state index contributed by atoms with van der Waals surface area (Å²) in [5, 5.41) is 0. The topological polar surface area (TPSA) is 0 Å². The predicted octanol–water partition coefficient (Wildman–Crippen LogP) is 2.16. The molecule has 0 N–H and O–H groups in total. The molecule has 1 rings (SSSR count). The molecular formula is C6H13I. The fraction of sp³-hybridized carbons (Fsp3) is 1.00. The summed E-state index contributed by atoms with van der Waals surface area (Å²) in [4.78, 5) is 2.51. The van der Waals surface area contributed by atoms with E-state index in [0.29, 0.717) is 0 Å². The number of halogens is 1. The fourth-order valence-electron chi connectivity index (χ4n) is 0.976. The molecule has 1 atom stereocenters. The van der Waals surface area contributed by atoms with Crippen molar-refractivity contribution in [3.05, 3.63) is 0 Å². The van der Waals surface area contributed by atoms with Crippen molar-refractivity contribution in [2.24, 2.45) is 5.92 Å². The molecule has 0 nitrogen and oxygen atoms in total. The first kappa shape index (κ1) is 5.86. The van der Waals surface area contributed by atoms with Gasteiger partial charge >= 0.3 is 52.9 Å². The maximum atomic E-state index is 2.51. The maximum absolute atomic E-state index is 2.51. The van der Waals surface area contributed by atoms with Crippen molar-refractivity contribution in [3.63, 3.8) is 0 Å². The zero-order valence-corrected chi connectivity index (χ0v) is 7.23. The minimum atomic E-state index is -0.252. The van der Waals surface area contributed by atoms with Gasteiger partial charge in [-0.2, -0.15) is 0 Å². The molecule has 1 aliphatic rings. The second-order valence-corrected chi connectivity index (χ2v) is 8.55. The van der Waals surface area contributed by atoms with Crippen LogP contribution in [-0.2, 0) is 0 Å². The van der Waals surface area contributed by atoms with Crippen molar-refractivity contribution in [1.82, 2.24) is 0 Å². The van der Waals surface area contributed by atoms with Crippen molar-refractivity contribution in [2.75, 3.05) is 13.8 Å².